The van der Waals surface area contributed by atoms with Gasteiger partial charge in [-0.15, -0.1) is 11.3 Å². The predicted molar refractivity (Wildman–Crippen MR) is 56.3 cm³/mol. The topological polar surface area (TPSA) is 0 Å². The van der Waals surface area contributed by atoms with Gasteiger partial charge in [0.15, 0.2) is 0 Å². The molecule has 0 aliphatic rings. The van der Waals surface area contributed by atoms with Crippen molar-refractivity contribution in [1.29, 1.82) is 0 Å². The summed E-state index contributed by atoms with van der Waals surface area (Å²) in [5.41, 5.74) is 2.38. The van der Waals surface area contributed by atoms with Crippen molar-refractivity contribution in [2.45, 2.75) is 0 Å². The molecule has 1 aromatic carbocycles. The van der Waals surface area contributed by atoms with Crippen LogP contribution in [0.15, 0.2) is 40.2 Å². The van der Waals surface area contributed by atoms with Crippen LogP contribution < -0.4 is 17.0 Å². The van der Waals surface area contributed by atoms with Gasteiger partial charge in [-0.3, -0.25) is 0 Å². The molecule has 2 aromatic rings. The fraction of sp³-hybridized carbons (Fsp3) is 0. The smallest absolute Gasteiger partial charge is 0.0711 e. The van der Waals surface area contributed by atoms with E-state index in [9.17, 15) is 0 Å². The van der Waals surface area contributed by atoms with Crippen LogP contribution in [0.4, 0.5) is 0 Å². The number of halogens is 2. The first-order valence-electron chi connectivity index (χ1n) is 3.59. The molecule has 1 radical (unpaired) electrons. The second kappa shape index (κ2) is 6.89. The number of benzene rings is 1. The monoisotopic (exact) mass is 380 g/mol. The van der Waals surface area contributed by atoms with Gasteiger partial charge in [0.25, 0.3) is 0 Å². The first-order chi connectivity index (χ1) is 5.86. The van der Waals surface area contributed by atoms with Gasteiger partial charge in [0, 0.05) is 25.0 Å². The van der Waals surface area contributed by atoms with Crippen molar-refractivity contribution >= 4 is 27.3 Å². The third kappa shape index (κ3) is 3.58. The second-order valence-electron chi connectivity index (χ2n) is 2.43. The zero-order chi connectivity index (χ0) is 8.39. The molecule has 0 amide bonds. The van der Waals surface area contributed by atoms with E-state index in [0.29, 0.717) is 0 Å². The number of rotatable bonds is 1. The minimum Gasteiger partial charge on any atom is -1.00 e. The van der Waals surface area contributed by atoms with Gasteiger partial charge < -0.3 is 17.0 Å². The van der Waals surface area contributed by atoms with E-state index in [1.807, 2.05) is 18.2 Å². The fourth-order valence-electron chi connectivity index (χ4n) is 1.04. The molecule has 1 aromatic heterocycles. The summed E-state index contributed by atoms with van der Waals surface area (Å²) in [4.78, 5) is 0. The quantitative estimate of drug-likeness (QED) is 0.644. The predicted octanol–water partition coefficient (Wildman–Crippen LogP) is 0.979. The fourth-order valence-corrected chi connectivity index (χ4v) is 2.07. The normalized spacial score (nSPS) is 8.64. The van der Waals surface area contributed by atoms with E-state index in [-0.39, 0.29) is 36.5 Å². The molecule has 0 saturated carbocycles. The number of hydrogen-bond acceptors (Lipinski definition) is 1. The van der Waals surface area contributed by atoms with Gasteiger partial charge in [0.05, 0.1) is 9.17 Å². The van der Waals surface area contributed by atoms with E-state index < -0.39 is 0 Å². The second-order valence-corrected chi connectivity index (χ2v) is 4.66. The molecule has 14 heavy (non-hydrogen) atoms. The van der Waals surface area contributed by atoms with Crippen molar-refractivity contribution in [3.05, 3.63) is 45.6 Å². The number of hydrogen-bond donors (Lipinski definition) is 0. The molecule has 0 saturated heterocycles. The first-order valence-corrected chi connectivity index (χ1v) is 5.19. The van der Waals surface area contributed by atoms with Crippen LogP contribution in [-0.4, -0.2) is 0 Å². The summed E-state index contributed by atoms with van der Waals surface area (Å²) >= 11 is 5.01. The van der Waals surface area contributed by atoms with Gasteiger partial charge in [-0.2, -0.15) is 0 Å². The van der Waals surface area contributed by atoms with Crippen molar-refractivity contribution < 1.29 is 36.5 Å². The Morgan fingerprint density at radius 1 is 1.14 bits per heavy atom. The molecular formula is C10H6Br2SZn-. The Kier molecular flexibility index (Phi) is 7.14. The van der Waals surface area contributed by atoms with E-state index in [0.717, 1.165) is 9.35 Å². The van der Waals surface area contributed by atoms with Crippen LogP contribution in [0.25, 0.3) is 11.1 Å². The molecule has 0 nitrogen and oxygen atoms in total. The molecule has 0 N–H and O–H groups in total. The Morgan fingerprint density at radius 3 is 2.29 bits per heavy atom. The van der Waals surface area contributed by atoms with Crippen molar-refractivity contribution in [2.24, 2.45) is 0 Å². The summed E-state index contributed by atoms with van der Waals surface area (Å²) in [6.07, 6.45) is 0. The van der Waals surface area contributed by atoms with Crippen molar-refractivity contribution in [3.63, 3.8) is 0 Å². The van der Waals surface area contributed by atoms with E-state index in [2.05, 4.69) is 39.5 Å². The average molecular weight is 383 g/mol. The summed E-state index contributed by atoms with van der Waals surface area (Å²) in [7, 11) is 0. The average Bonchev–Trinajstić information content (AvgIpc) is 2.54. The van der Waals surface area contributed by atoms with Gasteiger partial charge in [0.1, 0.15) is 0 Å². The standard InChI is InChI=1S/C10H6BrS.BrH.Zn/c11-10-6-9(7-12-10)8-4-2-1-3-5-8;;/h1-6H;1H;/p-1. The summed E-state index contributed by atoms with van der Waals surface area (Å²) in [6, 6.07) is 12.4. The molecule has 0 bridgehead atoms. The maximum atomic E-state index is 3.42. The molecule has 69 valence electrons. The molecule has 0 fully saturated rings. The Labute approximate surface area is 119 Å². The molecule has 0 atom stereocenters. The van der Waals surface area contributed by atoms with Crippen molar-refractivity contribution in [2.75, 3.05) is 0 Å². The summed E-state index contributed by atoms with van der Waals surface area (Å²) < 4.78 is 1.13. The molecule has 0 aliphatic carbocycles. The van der Waals surface area contributed by atoms with Crippen molar-refractivity contribution in [1.82, 2.24) is 0 Å². The van der Waals surface area contributed by atoms with Gasteiger partial charge in [-0.05, 0) is 27.6 Å². The molecular weight excluding hydrogens is 377 g/mol. The summed E-state index contributed by atoms with van der Waals surface area (Å²) in [6.45, 7) is 0. The maximum Gasteiger partial charge on any atom is 0.0711 e. The van der Waals surface area contributed by atoms with Crippen LogP contribution in [0.5, 0.6) is 0 Å². The Hall–Kier alpha value is 0.503. The van der Waals surface area contributed by atoms with Crippen LogP contribution in [-0.2, 0) is 19.5 Å². The molecule has 2 rings (SSSR count). The first kappa shape index (κ1) is 14.5. The molecule has 0 aliphatic heterocycles. The van der Waals surface area contributed by atoms with E-state index in [1.54, 1.807) is 11.3 Å². The van der Waals surface area contributed by atoms with Crippen LogP contribution in [0.1, 0.15) is 0 Å². The zero-order valence-corrected chi connectivity index (χ0v) is 14.3. The van der Waals surface area contributed by atoms with E-state index in [1.165, 1.54) is 5.56 Å². The SMILES string of the molecule is Brc1cc(-c2ccccc2)[c]s1.[Br-].[Zn]. The molecule has 1 heterocycles. The third-order valence-corrected chi connectivity index (χ3v) is 2.95. The molecule has 0 spiro atoms. The maximum absolute atomic E-state index is 3.42. The Bertz CT molecular complexity index is 373. The zero-order valence-electron chi connectivity index (χ0n) is 7.34. The van der Waals surface area contributed by atoms with Gasteiger partial charge in [-0.25, -0.2) is 0 Å². The summed E-state index contributed by atoms with van der Waals surface area (Å²) in [5.74, 6) is 0. The number of thiophene rings is 1. The van der Waals surface area contributed by atoms with E-state index >= 15 is 0 Å². The third-order valence-electron chi connectivity index (χ3n) is 1.60. The van der Waals surface area contributed by atoms with Crippen LogP contribution >= 0.6 is 27.3 Å². The largest absolute Gasteiger partial charge is 1.00 e. The van der Waals surface area contributed by atoms with Crippen molar-refractivity contribution in [3.8, 4) is 11.1 Å². The van der Waals surface area contributed by atoms with Crippen LogP contribution in [0.2, 0.25) is 0 Å². The Morgan fingerprint density at radius 2 is 1.79 bits per heavy atom. The van der Waals surface area contributed by atoms with E-state index in [4.69, 9.17) is 0 Å². The van der Waals surface area contributed by atoms with Gasteiger partial charge in [-0.1, -0.05) is 30.3 Å². The molecule has 4 heteroatoms. The summed E-state index contributed by atoms with van der Waals surface area (Å²) in [5, 5.41) is 3.22. The van der Waals surface area contributed by atoms with Gasteiger partial charge >= 0.3 is 0 Å². The Balaban J connectivity index is 0.000000845. The minimum absolute atomic E-state index is 0. The van der Waals surface area contributed by atoms with Gasteiger partial charge in [0.2, 0.25) is 0 Å². The van der Waals surface area contributed by atoms with Crippen LogP contribution in [0.3, 0.4) is 0 Å². The minimum atomic E-state index is 0. The molecule has 0 unspecified atom stereocenters. The van der Waals surface area contributed by atoms with Crippen LogP contribution in [0, 0.1) is 5.38 Å².